The first-order valence-electron chi connectivity index (χ1n) is 10.0. The summed E-state index contributed by atoms with van der Waals surface area (Å²) < 4.78 is 0. The van der Waals surface area contributed by atoms with Gasteiger partial charge in [-0.3, -0.25) is 19.2 Å². The summed E-state index contributed by atoms with van der Waals surface area (Å²) in [7, 11) is 6.42. The summed E-state index contributed by atoms with van der Waals surface area (Å²) >= 11 is 0. The second-order valence-electron chi connectivity index (χ2n) is 8.29. The van der Waals surface area contributed by atoms with Crippen molar-refractivity contribution in [1.29, 1.82) is 0 Å². The van der Waals surface area contributed by atoms with E-state index in [9.17, 15) is 19.2 Å². The molecule has 162 valence electrons. The van der Waals surface area contributed by atoms with Crippen LogP contribution in [0.4, 0.5) is 5.69 Å². The Morgan fingerprint density at radius 3 is 1.90 bits per heavy atom. The van der Waals surface area contributed by atoms with E-state index in [0.717, 1.165) is 10.5 Å². The van der Waals surface area contributed by atoms with Gasteiger partial charge in [-0.15, -0.1) is 0 Å². The van der Waals surface area contributed by atoms with Crippen molar-refractivity contribution in [3.8, 4) is 0 Å². The Morgan fingerprint density at radius 2 is 1.35 bits per heavy atom. The summed E-state index contributed by atoms with van der Waals surface area (Å²) in [6.45, 7) is 1.81. The highest BCUT2D eigenvalue weighted by Crippen LogP contribution is 2.43. The van der Waals surface area contributed by atoms with Crippen LogP contribution in [0.3, 0.4) is 0 Å². The van der Waals surface area contributed by atoms with Gasteiger partial charge in [0, 0.05) is 46.6 Å². The summed E-state index contributed by atoms with van der Waals surface area (Å²) in [6, 6.07) is 13.8. The predicted molar refractivity (Wildman–Crippen MR) is 118 cm³/mol. The maximum absolute atomic E-state index is 14.1. The summed E-state index contributed by atoms with van der Waals surface area (Å²) in [6.07, 6.45) is -0.434. The number of hydrogen-bond acceptors (Lipinski definition) is 4. The first kappa shape index (κ1) is 22.2. The number of para-hydroxylation sites is 1. The summed E-state index contributed by atoms with van der Waals surface area (Å²) in [4.78, 5) is 57.1. The van der Waals surface area contributed by atoms with Gasteiger partial charge in [0.1, 0.15) is 0 Å². The Morgan fingerprint density at radius 1 is 0.839 bits per heavy atom. The van der Waals surface area contributed by atoms with Crippen molar-refractivity contribution < 1.29 is 19.2 Å². The van der Waals surface area contributed by atoms with Crippen molar-refractivity contribution in [2.24, 2.45) is 0 Å². The van der Waals surface area contributed by atoms with E-state index in [-0.39, 0.29) is 24.7 Å². The first-order valence-corrected chi connectivity index (χ1v) is 10.0. The van der Waals surface area contributed by atoms with Crippen LogP contribution in [0.15, 0.2) is 48.5 Å². The minimum atomic E-state index is -1.49. The maximum atomic E-state index is 14.1. The molecular weight excluding hydrogens is 394 g/mol. The van der Waals surface area contributed by atoms with E-state index < -0.39 is 17.2 Å². The molecule has 2 aromatic carbocycles. The number of benzene rings is 2. The zero-order valence-electron chi connectivity index (χ0n) is 18.5. The van der Waals surface area contributed by atoms with E-state index in [1.807, 2.05) is 19.1 Å². The smallest absolute Gasteiger partial charge is 0.265 e. The Bertz CT molecular complexity index is 1040. The average Bonchev–Trinajstić information content (AvgIpc) is 2.73. The molecule has 7 heteroatoms. The maximum Gasteiger partial charge on any atom is 0.265 e. The van der Waals surface area contributed by atoms with E-state index in [0.29, 0.717) is 16.8 Å². The molecule has 1 heterocycles. The number of rotatable bonds is 5. The molecule has 0 N–H and O–H groups in total. The number of imide groups is 1. The zero-order valence-corrected chi connectivity index (χ0v) is 18.5. The molecule has 3 rings (SSSR count). The molecule has 0 saturated heterocycles. The molecule has 1 aliphatic rings. The lowest BCUT2D eigenvalue weighted by Gasteiger charge is -2.42. The second-order valence-corrected chi connectivity index (χ2v) is 8.29. The second kappa shape index (κ2) is 8.34. The molecule has 2 aromatic rings. The van der Waals surface area contributed by atoms with E-state index in [4.69, 9.17) is 0 Å². The third kappa shape index (κ3) is 3.83. The normalized spacial score (nSPS) is 14.8. The van der Waals surface area contributed by atoms with Crippen molar-refractivity contribution in [2.75, 3.05) is 33.1 Å². The molecule has 31 heavy (non-hydrogen) atoms. The number of fused-ring (bicyclic) bond motifs is 1. The molecule has 7 nitrogen and oxygen atoms in total. The van der Waals surface area contributed by atoms with Gasteiger partial charge in [-0.1, -0.05) is 36.4 Å². The van der Waals surface area contributed by atoms with Gasteiger partial charge in [0.2, 0.25) is 17.7 Å². The van der Waals surface area contributed by atoms with Crippen LogP contribution in [0.5, 0.6) is 0 Å². The van der Waals surface area contributed by atoms with Crippen molar-refractivity contribution in [1.82, 2.24) is 9.80 Å². The van der Waals surface area contributed by atoms with Crippen molar-refractivity contribution in [3.05, 3.63) is 65.2 Å². The fraction of sp³-hybridized carbons (Fsp3) is 0.333. The van der Waals surface area contributed by atoms with Gasteiger partial charge < -0.3 is 9.80 Å². The highest BCUT2D eigenvalue weighted by atomic mass is 16.2. The zero-order chi connectivity index (χ0) is 22.9. The van der Waals surface area contributed by atoms with E-state index in [2.05, 4.69) is 0 Å². The highest BCUT2D eigenvalue weighted by molar-refractivity contribution is 6.28. The molecule has 0 radical (unpaired) electrons. The van der Waals surface area contributed by atoms with Gasteiger partial charge in [0.15, 0.2) is 0 Å². The number of carbonyl (C=O) groups is 4. The summed E-state index contributed by atoms with van der Waals surface area (Å²) in [5.74, 6) is -1.61. The lowest BCUT2D eigenvalue weighted by atomic mass is 9.68. The van der Waals surface area contributed by atoms with Gasteiger partial charge in [-0.05, 0) is 30.2 Å². The van der Waals surface area contributed by atoms with Gasteiger partial charge in [0.05, 0.1) is 11.1 Å². The minimum Gasteiger partial charge on any atom is -0.349 e. The molecule has 0 unspecified atom stereocenters. The molecule has 0 aromatic heterocycles. The lowest BCUT2D eigenvalue weighted by Crippen LogP contribution is -2.57. The fourth-order valence-electron chi connectivity index (χ4n) is 3.90. The molecule has 0 atom stereocenters. The van der Waals surface area contributed by atoms with Gasteiger partial charge in [-0.25, -0.2) is 4.90 Å². The van der Waals surface area contributed by atoms with E-state index in [1.54, 1.807) is 64.6 Å². The molecule has 1 aliphatic heterocycles. The van der Waals surface area contributed by atoms with Gasteiger partial charge in [-0.2, -0.15) is 0 Å². The van der Waals surface area contributed by atoms with Crippen LogP contribution in [0.2, 0.25) is 0 Å². The quantitative estimate of drug-likeness (QED) is 0.695. The van der Waals surface area contributed by atoms with Gasteiger partial charge in [0.25, 0.3) is 5.91 Å². The predicted octanol–water partition coefficient (Wildman–Crippen LogP) is 2.38. The number of hydrogen-bond donors (Lipinski definition) is 0. The number of nitrogens with zero attached hydrogens (tertiary/aromatic N) is 3. The van der Waals surface area contributed by atoms with Crippen molar-refractivity contribution in [3.63, 3.8) is 0 Å². The molecule has 0 saturated carbocycles. The average molecular weight is 421 g/mol. The monoisotopic (exact) mass is 421 g/mol. The molecule has 0 spiro atoms. The first-order chi connectivity index (χ1) is 14.6. The SMILES string of the molecule is Cc1ccccc1N1C(=O)c2ccccc2C(CC(=O)N(C)C)(CC(=O)N(C)C)C1=O. The lowest BCUT2D eigenvalue weighted by molar-refractivity contribution is -0.139. The van der Waals surface area contributed by atoms with Crippen molar-refractivity contribution in [2.45, 2.75) is 25.2 Å². The molecule has 0 fully saturated rings. The molecule has 0 bridgehead atoms. The third-order valence-corrected chi connectivity index (χ3v) is 5.75. The Labute approximate surface area is 182 Å². The van der Waals surface area contributed by atoms with Crippen LogP contribution >= 0.6 is 0 Å². The molecular formula is C24H27N3O4. The van der Waals surface area contributed by atoms with E-state index in [1.165, 1.54) is 9.80 Å². The topological polar surface area (TPSA) is 78.0 Å². The Hall–Kier alpha value is -3.48. The highest BCUT2D eigenvalue weighted by Gasteiger charge is 2.53. The Balaban J connectivity index is 2.30. The largest absolute Gasteiger partial charge is 0.349 e. The molecule has 0 aliphatic carbocycles. The number of anilines is 1. The van der Waals surface area contributed by atoms with Crippen molar-refractivity contribution >= 4 is 29.3 Å². The van der Waals surface area contributed by atoms with Crippen LogP contribution in [0.1, 0.15) is 34.3 Å². The van der Waals surface area contributed by atoms with Crippen LogP contribution in [0, 0.1) is 6.92 Å². The Kier molecular flexibility index (Phi) is 5.97. The minimum absolute atomic E-state index is 0.217. The number of carbonyl (C=O) groups excluding carboxylic acids is 4. The van der Waals surface area contributed by atoms with Gasteiger partial charge >= 0.3 is 0 Å². The number of amides is 4. The number of aryl methyl sites for hydroxylation is 1. The van der Waals surface area contributed by atoms with Crippen LogP contribution in [0.25, 0.3) is 0 Å². The summed E-state index contributed by atoms with van der Waals surface area (Å²) in [5, 5.41) is 0. The fourth-order valence-corrected chi connectivity index (χ4v) is 3.90. The standard InChI is InChI=1S/C24H27N3O4/c1-16-10-6-9-13-19(16)27-22(30)17-11-7-8-12-18(17)24(23(27)31,14-20(28)25(2)3)15-21(29)26(4)5/h6-13H,14-15H2,1-5H3. The van der Waals surface area contributed by atoms with Crippen LogP contribution in [-0.4, -0.2) is 61.6 Å². The summed E-state index contributed by atoms with van der Waals surface area (Å²) in [5.41, 5.74) is 0.445. The van der Waals surface area contributed by atoms with Crippen LogP contribution < -0.4 is 4.90 Å². The van der Waals surface area contributed by atoms with E-state index >= 15 is 0 Å². The van der Waals surface area contributed by atoms with Crippen LogP contribution in [-0.2, 0) is 19.8 Å². The third-order valence-electron chi connectivity index (χ3n) is 5.75. The molecule has 4 amide bonds.